The van der Waals surface area contributed by atoms with Crippen LogP contribution in [-0.4, -0.2) is 29.5 Å². The van der Waals surface area contributed by atoms with E-state index in [1.54, 1.807) is 6.07 Å². The number of nitrogens with one attached hydrogen (secondary N) is 1. The lowest BCUT2D eigenvalue weighted by Crippen LogP contribution is -2.52. The number of nitriles is 1. The summed E-state index contributed by atoms with van der Waals surface area (Å²) in [7, 11) is 0. The lowest BCUT2D eigenvalue weighted by atomic mass is 9.91. The molecule has 2 aliphatic heterocycles. The second-order valence-corrected chi connectivity index (χ2v) is 15.5. The number of hydrogen-bond acceptors (Lipinski definition) is 6. The maximum absolute atomic E-state index is 14.1. The Kier molecular flexibility index (Phi) is 11.5. The van der Waals surface area contributed by atoms with Gasteiger partial charge in [-0.1, -0.05) is 108 Å². The van der Waals surface area contributed by atoms with Crippen molar-refractivity contribution in [1.29, 1.82) is 5.26 Å². The summed E-state index contributed by atoms with van der Waals surface area (Å²) in [5.74, 6) is 2.14. The van der Waals surface area contributed by atoms with Gasteiger partial charge in [0.25, 0.3) is 0 Å². The number of rotatable bonds is 11. The van der Waals surface area contributed by atoms with E-state index in [0.29, 0.717) is 66.3 Å². The molecular weight excluding hydrogens is 753 g/mol. The SMILES string of the molecule is CC(Cc1ccc(-c2ccc(C#N)cc2)cc1)NC(=O)C1Cc2cc3c(cc2CN1Cc1ccccc1)OC(c1ccc(OCc2ccc(Cl)c(Cl)c2)cc1)CO3. The van der Waals surface area contributed by atoms with Gasteiger partial charge >= 0.3 is 0 Å². The third-order valence-electron chi connectivity index (χ3n) is 10.6. The van der Waals surface area contributed by atoms with Crippen LogP contribution < -0.4 is 19.5 Å². The Morgan fingerprint density at radius 1 is 0.825 bits per heavy atom. The highest BCUT2D eigenvalue weighted by molar-refractivity contribution is 6.42. The van der Waals surface area contributed by atoms with Gasteiger partial charge in [-0.05, 0) is 113 Å². The fourth-order valence-electron chi connectivity index (χ4n) is 7.50. The molecule has 9 heteroatoms. The topological polar surface area (TPSA) is 83.8 Å². The monoisotopic (exact) mass is 793 g/mol. The minimum atomic E-state index is -0.355. The summed E-state index contributed by atoms with van der Waals surface area (Å²) >= 11 is 12.2. The van der Waals surface area contributed by atoms with E-state index in [0.717, 1.165) is 50.3 Å². The Bertz CT molecular complexity index is 2400. The van der Waals surface area contributed by atoms with Crippen LogP contribution >= 0.6 is 23.2 Å². The third kappa shape index (κ3) is 9.11. The van der Waals surface area contributed by atoms with Crippen LogP contribution in [-0.2, 0) is 37.3 Å². The van der Waals surface area contributed by atoms with Crippen LogP contribution in [0.3, 0.4) is 0 Å². The molecule has 0 aromatic heterocycles. The summed E-state index contributed by atoms with van der Waals surface area (Å²) in [5.41, 5.74) is 9.21. The Balaban J connectivity index is 0.930. The highest BCUT2D eigenvalue weighted by Crippen LogP contribution is 2.41. The molecule has 7 nitrogen and oxygen atoms in total. The zero-order valence-corrected chi connectivity index (χ0v) is 33.0. The average Bonchev–Trinajstić information content (AvgIpc) is 3.24. The Hall–Kier alpha value is -5.78. The molecule has 8 rings (SSSR count). The minimum Gasteiger partial charge on any atom is -0.489 e. The highest BCUT2D eigenvalue weighted by Gasteiger charge is 2.34. The molecule has 286 valence electrons. The van der Waals surface area contributed by atoms with E-state index < -0.39 is 0 Å². The van der Waals surface area contributed by atoms with Gasteiger partial charge in [0.2, 0.25) is 5.91 Å². The lowest BCUT2D eigenvalue weighted by Gasteiger charge is -2.37. The van der Waals surface area contributed by atoms with Crippen LogP contribution in [0.4, 0.5) is 0 Å². The number of nitrogens with zero attached hydrogens (tertiary/aromatic N) is 2. The molecule has 0 fully saturated rings. The van der Waals surface area contributed by atoms with Crippen molar-refractivity contribution >= 4 is 29.1 Å². The molecule has 0 aliphatic carbocycles. The molecule has 6 aromatic carbocycles. The molecule has 2 aliphatic rings. The van der Waals surface area contributed by atoms with Gasteiger partial charge in [0, 0.05) is 19.1 Å². The summed E-state index contributed by atoms with van der Waals surface area (Å²) in [6, 6.07) is 45.5. The first-order valence-electron chi connectivity index (χ1n) is 19.1. The zero-order chi connectivity index (χ0) is 39.3. The Morgan fingerprint density at radius 2 is 1.53 bits per heavy atom. The second kappa shape index (κ2) is 17.2. The van der Waals surface area contributed by atoms with Crippen LogP contribution in [0, 0.1) is 11.3 Å². The number of benzene rings is 6. The van der Waals surface area contributed by atoms with Gasteiger partial charge in [-0.2, -0.15) is 5.26 Å². The highest BCUT2D eigenvalue weighted by atomic mass is 35.5. The van der Waals surface area contributed by atoms with Crippen LogP contribution in [0.1, 0.15) is 52.0 Å². The molecule has 0 spiro atoms. The first-order chi connectivity index (χ1) is 27.8. The lowest BCUT2D eigenvalue weighted by molar-refractivity contribution is -0.128. The largest absolute Gasteiger partial charge is 0.489 e. The molecule has 1 N–H and O–H groups in total. The predicted octanol–water partition coefficient (Wildman–Crippen LogP) is 10.3. The number of ether oxygens (including phenoxy) is 3. The maximum Gasteiger partial charge on any atom is 0.237 e. The number of amides is 1. The number of carbonyl (C=O) groups excluding carboxylic acids is 1. The van der Waals surface area contributed by atoms with Crippen molar-refractivity contribution in [2.75, 3.05) is 6.61 Å². The van der Waals surface area contributed by atoms with Crippen LogP contribution in [0.25, 0.3) is 11.1 Å². The zero-order valence-electron chi connectivity index (χ0n) is 31.5. The first kappa shape index (κ1) is 38.1. The Morgan fingerprint density at radius 3 is 2.25 bits per heavy atom. The molecule has 6 aromatic rings. The number of hydrogen-bond donors (Lipinski definition) is 1. The van der Waals surface area contributed by atoms with Crippen molar-refractivity contribution in [2.45, 2.75) is 57.6 Å². The first-order valence-corrected chi connectivity index (χ1v) is 19.8. The molecule has 3 atom stereocenters. The second-order valence-electron chi connectivity index (χ2n) is 14.7. The summed E-state index contributed by atoms with van der Waals surface area (Å²) in [6.45, 7) is 4.03. The van der Waals surface area contributed by atoms with Crippen molar-refractivity contribution in [1.82, 2.24) is 10.2 Å². The summed E-state index contributed by atoms with van der Waals surface area (Å²) in [4.78, 5) is 16.4. The van der Waals surface area contributed by atoms with Crippen molar-refractivity contribution in [2.24, 2.45) is 0 Å². The molecule has 0 bridgehead atoms. The molecule has 57 heavy (non-hydrogen) atoms. The summed E-state index contributed by atoms with van der Waals surface area (Å²) in [5, 5.41) is 13.5. The van der Waals surface area contributed by atoms with Gasteiger partial charge < -0.3 is 19.5 Å². The van der Waals surface area contributed by atoms with Crippen molar-refractivity contribution in [3.05, 3.63) is 182 Å². The fraction of sp³-hybridized carbons (Fsp3) is 0.208. The van der Waals surface area contributed by atoms with E-state index in [1.165, 1.54) is 0 Å². The van der Waals surface area contributed by atoms with Crippen molar-refractivity contribution < 1.29 is 19.0 Å². The predicted molar refractivity (Wildman–Crippen MR) is 224 cm³/mol. The molecular formula is C48H41Cl2N3O4. The van der Waals surface area contributed by atoms with E-state index in [2.05, 4.69) is 71.7 Å². The third-order valence-corrected chi connectivity index (χ3v) is 11.3. The molecule has 0 radical (unpaired) electrons. The van der Waals surface area contributed by atoms with Gasteiger partial charge in [0.05, 0.1) is 27.7 Å². The number of halogens is 2. The fourth-order valence-corrected chi connectivity index (χ4v) is 7.82. The van der Waals surface area contributed by atoms with E-state index >= 15 is 0 Å². The van der Waals surface area contributed by atoms with Gasteiger partial charge in [0.1, 0.15) is 19.0 Å². The van der Waals surface area contributed by atoms with Crippen LogP contribution in [0.2, 0.25) is 10.0 Å². The van der Waals surface area contributed by atoms with Crippen molar-refractivity contribution in [3.63, 3.8) is 0 Å². The molecule has 0 saturated heterocycles. The van der Waals surface area contributed by atoms with E-state index in [9.17, 15) is 4.79 Å². The van der Waals surface area contributed by atoms with Crippen LogP contribution in [0.5, 0.6) is 17.2 Å². The Labute approximate surface area is 343 Å². The smallest absolute Gasteiger partial charge is 0.237 e. The van der Waals surface area contributed by atoms with Gasteiger partial charge in [-0.25, -0.2) is 0 Å². The van der Waals surface area contributed by atoms with E-state index in [4.69, 9.17) is 42.7 Å². The minimum absolute atomic E-state index is 0.0117. The molecule has 2 heterocycles. The average molecular weight is 795 g/mol. The van der Waals surface area contributed by atoms with Crippen LogP contribution in [0.15, 0.2) is 133 Å². The summed E-state index contributed by atoms with van der Waals surface area (Å²) in [6.07, 6.45) is 0.982. The molecule has 0 saturated carbocycles. The quantitative estimate of drug-likeness (QED) is 0.141. The van der Waals surface area contributed by atoms with Gasteiger partial charge in [0.15, 0.2) is 17.6 Å². The summed E-state index contributed by atoms with van der Waals surface area (Å²) < 4.78 is 18.8. The van der Waals surface area contributed by atoms with E-state index in [-0.39, 0.29) is 24.1 Å². The molecule has 1 amide bonds. The van der Waals surface area contributed by atoms with Crippen molar-refractivity contribution in [3.8, 4) is 34.4 Å². The van der Waals surface area contributed by atoms with E-state index in [1.807, 2.05) is 78.9 Å². The number of carbonyl (C=O) groups is 1. The maximum atomic E-state index is 14.1. The van der Waals surface area contributed by atoms with Gasteiger partial charge in [-0.15, -0.1) is 0 Å². The standard InChI is InChI=1S/C48H41Cl2N3O4/c1-31(21-32-7-12-36(13-8-32)37-14-9-33(26-51)10-15-37)52-48(54)44-23-39-24-45-46(25-40(39)28-53(44)27-34-5-3-2-4-6-34)57-47(30-56-45)38-16-18-41(19-17-38)55-29-35-11-20-42(49)43(50)22-35/h2-20,22,24-25,31,44,47H,21,23,27-30H2,1H3,(H,52,54). The normalized spacial score (nSPS) is 16.5. The molecule has 3 unspecified atom stereocenters. The number of fused-ring (bicyclic) bond motifs is 2. The van der Waals surface area contributed by atoms with Gasteiger partial charge in [-0.3, -0.25) is 9.69 Å².